The fraction of sp³-hybridized carbons (Fsp3) is 0.769. The summed E-state index contributed by atoms with van der Waals surface area (Å²) < 4.78 is 4.89. The van der Waals surface area contributed by atoms with Crippen LogP contribution in [0.15, 0.2) is 0 Å². The van der Waals surface area contributed by atoms with Crippen molar-refractivity contribution in [2.75, 3.05) is 26.3 Å². The number of rotatable bonds is 12. The first-order valence-corrected chi connectivity index (χ1v) is 7.05. The third-order valence-corrected chi connectivity index (χ3v) is 2.96. The highest BCUT2D eigenvalue weighted by Crippen LogP contribution is 2.14. The monoisotopic (exact) mass is 303 g/mol. The second-order valence-corrected chi connectivity index (χ2v) is 4.70. The molecule has 0 saturated heterocycles. The van der Waals surface area contributed by atoms with Crippen LogP contribution in [0.1, 0.15) is 32.6 Å². The van der Waals surface area contributed by atoms with E-state index in [1.807, 2.05) is 6.92 Å². The molecule has 8 nitrogen and oxygen atoms in total. The van der Waals surface area contributed by atoms with Crippen molar-refractivity contribution in [1.82, 2.24) is 10.6 Å². The summed E-state index contributed by atoms with van der Waals surface area (Å²) in [6.07, 6.45) is 2.41. The number of aliphatic carboxylic acids is 1. The fourth-order valence-electron chi connectivity index (χ4n) is 1.74. The Morgan fingerprint density at radius 3 is 2.43 bits per heavy atom. The summed E-state index contributed by atoms with van der Waals surface area (Å²) in [6.45, 7) is 2.84. The van der Waals surface area contributed by atoms with E-state index in [9.17, 15) is 14.4 Å². The lowest BCUT2D eigenvalue weighted by Crippen LogP contribution is -2.38. The highest BCUT2D eigenvalue weighted by atomic mass is 16.5. The maximum Gasteiger partial charge on any atom is 0.314 e. The van der Waals surface area contributed by atoms with Crippen molar-refractivity contribution >= 4 is 17.9 Å². The van der Waals surface area contributed by atoms with Gasteiger partial charge in [-0.1, -0.05) is 13.3 Å². The van der Waals surface area contributed by atoms with Crippen molar-refractivity contribution in [3.63, 3.8) is 0 Å². The molecule has 0 aromatic carbocycles. The largest absolute Gasteiger partial charge is 0.481 e. The summed E-state index contributed by atoms with van der Waals surface area (Å²) in [6, 6.07) is -0.314. The van der Waals surface area contributed by atoms with Crippen LogP contribution in [0.5, 0.6) is 0 Å². The minimum absolute atomic E-state index is 0.155. The summed E-state index contributed by atoms with van der Waals surface area (Å²) in [5, 5.41) is 13.9. The van der Waals surface area contributed by atoms with Crippen LogP contribution in [0.25, 0.3) is 0 Å². The minimum Gasteiger partial charge on any atom is -0.481 e. The molecule has 0 aliphatic rings. The lowest BCUT2D eigenvalue weighted by atomic mass is 9.97. The Morgan fingerprint density at radius 2 is 1.86 bits per heavy atom. The topological polar surface area (TPSA) is 131 Å². The van der Waals surface area contributed by atoms with Gasteiger partial charge in [-0.05, 0) is 18.8 Å². The number of nitrogens with two attached hydrogens (primary N) is 1. The maximum absolute atomic E-state index is 11.4. The number of amides is 3. The van der Waals surface area contributed by atoms with Crippen LogP contribution < -0.4 is 16.4 Å². The average molecular weight is 303 g/mol. The molecule has 0 aromatic rings. The molecule has 0 bridgehead atoms. The van der Waals surface area contributed by atoms with Crippen LogP contribution in [0.2, 0.25) is 0 Å². The smallest absolute Gasteiger partial charge is 0.314 e. The molecule has 5 N–H and O–H groups in total. The Labute approximate surface area is 124 Å². The molecule has 0 fully saturated rings. The number of carbonyl (C=O) groups is 3. The molecule has 0 rings (SSSR count). The Bertz CT molecular complexity index is 336. The predicted molar refractivity (Wildman–Crippen MR) is 76.7 cm³/mol. The van der Waals surface area contributed by atoms with E-state index in [4.69, 9.17) is 15.6 Å². The normalized spacial score (nSPS) is 11.7. The standard InChI is InChI=1S/C13H25N3O5/c1-2-10(3-4-12(18)19)5-6-15-13(20)16-7-8-21-9-11(14)17/h10H,2-9H2,1H3,(H2,14,17)(H,18,19)(H2,15,16,20). The van der Waals surface area contributed by atoms with Crippen molar-refractivity contribution in [2.45, 2.75) is 32.6 Å². The van der Waals surface area contributed by atoms with Gasteiger partial charge in [0.05, 0.1) is 6.61 Å². The summed E-state index contributed by atoms with van der Waals surface area (Å²) >= 11 is 0. The predicted octanol–water partition coefficient (Wildman–Crippen LogP) is 0.0686. The summed E-state index contributed by atoms with van der Waals surface area (Å²) in [7, 11) is 0. The lowest BCUT2D eigenvalue weighted by molar-refractivity contribution is -0.137. The van der Waals surface area contributed by atoms with E-state index in [1.165, 1.54) is 0 Å². The number of carboxylic acid groups (broad SMARTS) is 1. The molecule has 0 aromatic heterocycles. The molecular weight excluding hydrogens is 278 g/mol. The van der Waals surface area contributed by atoms with E-state index < -0.39 is 11.9 Å². The van der Waals surface area contributed by atoms with E-state index in [-0.39, 0.29) is 32.2 Å². The van der Waals surface area contributed by atoms with Crippen LogP contribution in [0.3, 0.4) is 0 Å². The zero-order chi connectivity index (χ0) is 16.1. The van der Waals surface area contributed by atoms with Gasteiger partial charge >= 0.3 is 12.0 Å². The van der Waals surface area contributed by atoms with Crippen LogP contribution in [0.4, 0.5) is 4.79 Å². The van der Waals surface area contributed by atoms with E-state index >= 15 is 0 Å². The molecule has 8 heteroatoms. The van der Waals surface area contributed by atoms with Gasteiger partial charge in [0.2, 0.25) is 5.91 Å². The molecule has 122 valence electrons. The summed E-state index contributed by atoms with van der Waals surface area (Å²) in [5.74, 6) is -1.05. The van der Waals surface area contributed by atoms with Crippen molar-refractivity contribution in [2.24, 2.45) is 11.7 Å². The number of carbonyl (C=O) groups excluding carboxylic acids is 2. The molecule has 0 aliphatic carbocycles. The molecule has 0 saturated carbocycles. The van der Waals surface area contributed by atoms with Crippen molar-refractivity contribution < 1.29 is 24.2 Å². The molecule has 1 unspecified atom stereocenters. The number of carboxylic acids is 1. The van der Waals surface area contributed by atoms with Crippen LogP contribution in [0, 0.1) is 5.92 Å². The number of nitrogens with one attached hydrogen (secondary N) is 2. The first-order valence-electron chi connectivity index (χ1n) is 7.05. The van der Waals surface area contributed by atoms with Crippen LogP contribution in [-0.4, -0.2) is 49.3 Å². The molecular formula is C13H25N3O5. The number of hydrogen-bond donors (Lipinski definition) is 4. The van der Waals surface area contributed by atoms with Crippen molar-refractivity contribution in [1.29, 1.82) is 0 Å². The van der Waals surface area contributed by atoms with Gasteiger partial charge in [-0.15, -0.1) is 0 Å². The molecule has 0 spiro atoms. The van der Waals surface area contributed by atoms with Gasteiger partial charge in [0.1, 0.15) is 6.61 Å². The molecule has 0 radical (unpaired) electrons. The number of hydrogen-bond acceptors (Lipinski definition) is 4. The Kier molecular flexibility index (Phi) is 10.9. The van der Waals surface area contributed by atoms with Gasteiger partial charge in [0, 0.05) is 19.5 Å². The van der Waals surface area contributed by atoms with E-state index in [1.54, 1.807) is 0 Å². The number of ether oxygens (including phenoxy) is 1. The highest BCUT2D eigenvalue weighted by Gasteiger charge is 2.09. The van der Waals surface area contributed by atoms with Crippen molar-refractivity contribution in [3.05, 3.63) is 0 Å². The second kappa shape index (κ2) is 12.0. The van der Waals surface area contributed by atoms with Crippen LogP contribution in [-0.2, 0) is 14.3 Å². The van der Waals surface area contributed by atoms with E-state index in [0.717, 1.165) is 12.8 Å². The SMILES string of the molecule is CCC(CCNC(=O)NCCOCC(N)=O)CCC(=O)O. The minimum atomic E-state index is -0.796. The number of urea groups is 1. The Balaban J connectivity index is 3.58. The Hall–Kier alpha value is -1.83. The average Bonchev–Trinajstić information content (AvgIpc) is 2.41. The fourth-order valence-corrected chi connectivity index (χ4v) is 1.74. The number of primary amides is 1. The molecule has 3 amide bonds. The van der Waals surface area contributed by atoms with Crippen molar-refractivity contribution in [3.8, 4) is 0 Å². The first-order chi connectivity index (χ1) is 9.95. The Morgan fingerprint density at radius 1 is 1.19 bits per heavy atom. The zero-order valence-corrected chi connectivity index (χ0v) is 12.4. The maximum atomic E-state index is 11.4. The van der Waals surface area contributed by atoms with E-state index in [0.29, 0.717) is 18.9 Å². The zero-order valence-electron chi connectivity index (χ0n) is 12.4. The lowest BCUT2D eigenvalue weighted by Gasteiger charge is -2.14. The first kappa shape index (κ1) is 19.2. The quantitative estimate of drug-likeness (QED) is 0.379. The van der Waals surface area contributed by atoms with Gasteiger partial charge in [0.25, 0.3) is 0 Å². The third-order valence-electron chi connectivity index (χ3n) is 2.96. The van der Waals surface area contributed by atoms with Gasteiger partial charge in [-0.3, -0.25) is 9.59 Å². The van der Waals surface area contributed by atoms with Crippen LogP contribution >= 0.6 is 0 Å². The van der Waals surface area contributed by atoms with Gasteiger partial charge in [0.15, 0.2) is 0 Å². The molecule has 1 atom stereocenters. The third kappa shape index (κ3) is 12.9. The summed E-state index contributed by atoms with van der Waals surface area (Å²) in [5.41, 5.74) is 4.88. The summed E-state index contributed by atoms with van der Waals surface area (Å²) in [4.78, 5) is 32.3. The second-order valence-electron chi connectivity index (χ2n) is 4.70. The van der Waals surface area contributed by atoms with E-state index in [2.05, 4.69) is 10.6 Å². The molecule has 21 heavy (non-hydrogen) atoms. The van der Waals surface area contributed by atoms with Gasteiger partial charge in [-0.25, -0.2) is 4.79 Å². The van der Waals surface area contributed by atoms with Gasteiger partial charge < -0.3 is 26.2 Å². The molecule has 0 heterocycles. The molecule has 0 aliphatic heterocycles. The van der Waals surface area contributed by atoms with Gasteiger partial charge in [-0.2, -0.15) is 0 Å². The highest BCUT2D eigenvalue weighted by molar-refractivity contribution is 5.75.